The fourth-order valence-electron chi connectivity index (χ4n) is 3.40. The summed E-state index contributed by atoms with van der Waals surface area (Å²) in [7, 11) is 1.60. The molecular weight excluding hydrogens is 426 g/mol. The highest BCUT2D eigenvalue weighted by atomic mass is 32.2. The molecule has 3 aromatic rings. The monoisotopic (exact) mass is 447 g/mol. The van der Waals surface area contributed by atoms with Crippen LogP contribution in [0.15, 0.2) is 76.5 Å². The van der Waals surface area contributed by atoms with E-state index < -0.39 is 5.91 Å². The van der Waals surface area contributed by atoms with Gasteiger partial charge in [0, 0.05) is 40.3 Å². The molecule has 0 aromatic heterocycles. The molecule has 4 rings (SSSR count). The summed E-state index contributed by atoms with van der Waals surface area (Å²) in [4.78, 5) is 40.5. The second-order valence-electron chi connectivity index (χ2n) is 7.13. The van der Waals surface area contributed by atoms with Gasteiger partial charge in [0.1, 0.15) is 0 Å². The Morgan fingerprint density at radius 2 is 1.72 bits per heavy atom. The standard InChI is InChI=1S/C24H21N3O4S/c1-31-13-12-27-19-11-10-17(26-23(29)16-8-6-15(7-9-16)22(25)28)14-21(19)32-20-5-3-2-4-18(20)24(27)30/h2-11,14H,12-13H2,1H3,(H2,25,28)(H,26,29). The Morgan fingerprint density at radius 1 is 1.00 bits per heavy atom. The molecule has 0 saturated heterocycles. The molecule has 0 bridgehead atoms. The maximum atomic E-state index is 13.2. The third kappa shape index (κ3) is 4.37. The van der Waals surface area contributed by atoms with Crippen molar-refractivity contribution in [1.82, 2.24) is 0 Å². The SMILES string of the molecule is COCCN1C(=O)c2ccccc2Sc2cc(NC(=O)c3ccc(C(N)=O)cc3)ccc21. The molecular formula is C24H21N3O4S. The van der Waals surface area contributed by atoms with Crippen LogP contribution in [0.4, 0.5) is 11.4 Å². The summed E-state index contributed by atoms with van der Waals surface area (Å²) >= 11 is 1.48. The van der Waals surface area contributed by atoms with Gasteiger partial charge in [0.05, 0.1) is 17.9 Å². The molecule has 0 saturated carbocycles. The van der Waals surface area contributed by atoms with Crippen molar-refractivity contribution < 1.29 is 19.1 Å². The summed E-state index contributed by atoms with van der Waals surface area (Å²) in [5.74, 6) is -0.949. The van der Waals surface area contributed by atoms with Crippen molar-refractivity contribution in [1.29, 1.82) is 0 Å². The lowest BCUT2D eigenvalue weighted by Crippen LogP contribution is -2.33. The largest absolute Gasteiger partial charge is 0.383 e. The van der Waals surface area contributed by atoms with Crippen LogP contribution in [0.25, 0.3) is 0 Å². The predicted molar refractivity (Wildman–Crippen MR) is 123 cm³/mol. The molecule has 0 radical (unpaired) electrons. The third-order valence-corrected chi connectivity index (χ3v) is 6.16. The Morgan fingerprint density at radius 3 is 2.44 bits per heavy atom. The lowest BCUT2D eigenvalue weighted by atomic mass is 10.1. The van der Waals surface area contributed by atoms with Crippen LogP contribution in [0.3, 0.4) is 0 Å². The topological polar surface area (TPSA) is 102 Å². The minimum Gasteiger partial charge on any atom is -0.383 e. The highest BCUT2D eigenvalue weighted by molar-refractivity contribution is 7.99. The number of nitrogens with two attached hydrogens (primary N) is 1. The normalized spacial score (nSPS) is 12.5. The van der Waals surface area contributed by atoms with Gasteiger partial charge in [0.25, 0.3) is 11.8 Å². The molecule has 7 nitrogen and oxygen atoms in total. The molecule has 1 aliphatic heterocycles. The van der Waals surface area contributed by atoms with Gasteiger partial charge in [-0.15, -0.1) is 0 Å². The number of nitrogens with one attached hydrogen (secondary N) is 1. The summed E-state index contributed by atoms with van der Waals surface area (Å²) < 4.78 is 5.20. The van der Waals surface area contributed by atoms with E-state index in [0.29, 0.717) is 35.5 Å². The molecule has 162 valence electrons. The molecule has 1 aliphatic rings. The first-order valence-corrected chi connectivity index (χ1v) is 10.7. The number of rotatable bonds is 6. The van der Waals surface area contributed by atoms with Crippen molar-refractivity contribution in [2.75, 3.05) is 30.5 Å². The molecule has 0 fully saturated rings. The number of hydrogen-bond acceptors (Lipinski definition) is 5. The average molecular weight is 448 g/mol. The Hall–Kier alpha value is -3.62. The van der Waals surface area contributed by atoms with Gasteiger partial charge in [0.2, 0.25) is 5.91 Å². The minimum absolute atomic E-state index is 0.0878. The van der Waals surface area contributed by atoms with E-state index in [0.717, 1.165) is 15.5 Å². The van der Waals surface area contributed by atoms with E-state index in [1.54, 1.807) is 30.2 Å². The van der Waals surface area contributed by atoms with Gasteiger partial charge >= 0.3 is 0 Å². The molecule has 3 aromatic carbocycles. The Balaban J connectivity index is 1.64. The van der Waals surface area contributed by atoms with Crippen molar-refractivity contribution in [2.45, 2.75) is 9.79 Å². The minimum atomic E-state index is -0.549. The fourth-order valence-corrected chi connectivity index (χ4v) is 4.51. The number of amides is 3. The Bertz CT molecular complexity index is 1190. The van der Waals surface area contributed by atoms with Crippen LogP contribution < -0.4 is 16.0 Å². The van der Waals surface area contributed by atoms with Crippen LogP contribution >= 0.6 is 11.8 Å². The van der Waals surface area contributed by atoms with Crippen LogP contribution in [0.5, 0.6) is 0 Å². The molecule has 1 heterocycles. The smallest absolute Gasteiger partial charge is 0.259 e. The van der Waals surface area contributed by atoms with Crippen LogP contribution in [-0.2, 0) is 4.74 Å². The number of fused-ring (bicyclic) bond motifs is 2. The van der Waals surface area contributed by atoms with Crippen LogP contribution in [0.2, 0.25) is 0 Å². The molecule has 3 amide bonds. The van der Waals surface area contributed by atoms with Gasteiger partial charge in [-0.05, 0) is 54.6 Å². The van der Waals surface area contributed by atoms with Gasteiger partial charge < -0.3 is 20.7 Å². The predicted octanol–water partition coefficient (Wildman–Crippen LogP) is 3.80. The molecule has 0 atom stereocenters. The highest BCUT2D eigenvalue weighted by Crippen LogP contribution is 2.42. The van der Waals surface area contributed by atoms with Crippen molar-refractivity contribution in [3.05, 3.63) is 83.4 Å². The maximum absolute atomic E-state index is 13.2. The highest BCUT2D eigenvalue weighted by Gasteiger charge is 2.27. The van der Waals surface area contributed by atoms with Crippen molar-refractivity contribution in [2.24, 2.45) is 5.73 Å². The average Bonchev–Trinajstić information content (AvgIpc) is 2.91. The van der Waals surface area contributed by atoms with Crippen molar-refractivity contribution in [3.63, 3.8) is 0 Å². The number of nitrogens with zero attached hydrogens (tertiary/aromatic N) is 1. The number of hydrogen-bond donors (Lipinski definition) is 2. The quantitative estimate of drug-likeness (QED) is 0.599. The van der Waals surface area contributed by atoms with Crippen LogP contribution in [-0.4, -0.2) is 38.0 Å². The molecule has 0 spiro atoms. The zero-order chi connectivity index (χ0) is 22.7. The second kappa shape index (κ2) is 9.25. The number of methoxy groups -OCH3 is 1. The van der Waals surface area contributed by atoms with E-state index >= 15 is 0 Å². The summed E-state index contributed by atoms with van der Waals surface area (Å²) in [6.45, 7) is 0.812. The number of primary amides is 1. The molecule has 3 N–H and O–H groups in total. The summed E-state index contributed by atoms with van der Waals surface area (Å²) in [5, 5.41) is 2.87. The molecule has 8 heteroatoms. The molecule has 0 aliphatic carbocycles. The summed E-state index contributed by atoms with van der Waals surface area (Å²) in [6.07, 6.45) is 0. The van der Waals surface area contributed by atoms with Gasteiger partial charge in [0.15, 0.2) is 0 Å². The first-order valence-electron chi connectivity index (χ1n) is 9.91. The Kier molecular flexibility index (Phi) is 6.25. The maximum Gasteiger partial charge on any atom is 0.259 e. The lowest BCUT2D eigenvalue weighted by Gasteiger charge is -2.23. The van der Waals surface area contributed by atoms with Crippen LogP contribution in [0, 0.1) is 0 Å². The van der Waals surface area contributed by atoms with E-state index in [1.807, 2.05) is 36.4 Å². The van der Waals surface area contributed by atoms with Gasteiger partial charge in [-0.2, -0.15) is 0 Å². The van der Waals surface area contributed by atoms with E-state index in [4.69, 9.17) is 10.5 Å². The summed E-state index contributed by atoms with van der Waals surface area (Å²) in [6, 6.07) is 19.0. The first-order chi connectivity index (χ1) is 15.5. The summed E-state index contributed by atoms with van der Waals surface area (Å²) in [5.41, 5.74) is 7.97. The number of ether oxygens (including phenoxy) is 1. The second-order valence-corrected chi connectivity index (χ2v) is 8.21. The molecule has 0 unspecified atom stereocenters. The van der Waals surface area contributed by atoms with E-state index in [1.165, 1.54) is 23.9 Å². The van der Waals surface area contributed by atoms with E-state index in [9.17, 15) is 14.4 Å². The van der Waals surface area contributed by atoms with Crippen LogP contribution in [0.1, 0.15) is 31.1 Å². The molecule has 32 heavy (non-hydrogen) atoms. The third-order valence-electron chi connectivity index (χ3n) is 5.04. The Labute approximate surface area is 189 Å². The lowest BCUT2D eigenvalue weighted by molar-refractivity contribution is 0.0970. The van der Waals surface area contributed by atoms with Crippen molar-refractivity contribution in [3.8, 4) is 0 Å². The zero-order valence-corrected chi connectivity index (χ0v) is 18.1. The number of anilines is 2. The number of carbonyl (C=O) groups is 3. The fraction of sp³-hybridized carbons (Fsp3) is 0.125. The first kappa shape index (κ1) is 21.6. The number of carbonyl (C=O) groups excluding carboxylic acids is 3. The van der Waals surface area contributed by atoms with Crippen molar-refractivity contribution >= 4 is 40.9 Å². The zero-order valence-electron chi connectivity index (χ0n) is 17.3. The van der Waals surface area contributed by atoms with E-state index in [2.05, 4.69) is 5.32 Å². The van der Waals surface area contributed by atoms with Gasteiger partial charge in [-0.1, -0.05) is 23.9 Å². The van der Waals surface area contributed by atoms with Gasteiger partial charge in [-0.25, -0.2) is 0 Å². The van der Waals surface area contributed by atoms with Gasteiger partial charge in [-0.3, -0.25) is 14.4 Å². The van der Waals surface area contributed by atoms with E-state index in [-0.39, 0.29) is 11.8 Å². The number of benzene rings is 3.